The lowest BCUT2D eigenvalue weighted by molar-refractivity contribution is -0.168. The summed E-state index contributed by atoms with van der Waals surface area (Å²) in [7, 11) is 0. The third-order valence-electron chi connectivity index (χ3n) is 7.84. The van der Waals surface area contributed by atoms with Gasteiger partial charge in [0.05, 0.1) is 17.4 Å². The highest BCUT2D eigenvalue weighted by Crippen LogP contribution is 2.57. The number of aliphatic hydroxyl groups is 3. The number of ketones is 2. The number of aliphatic hydroxyl groups excluding tert-OH is 3. The Morgan fingerprint density at radius 3 is 2.20 bits per heavy atom. The second-order valence-corrected chi connectivity index (χ2v) is 13.3. The van der Waals surface area contributed by atoms with E-state index < -0.39 is 105 Å². The van der Waals surface area contributed by atoms with Gasteiger partial charge in [-0.15, -0.1) is 0 Å². The SMILES string of the molecule is C[C@H]1c2ccc(NC(=O)NC(C)(C)C)c(O)c2C(O)=C2C(=O)[C@]3(OC(=O)OC(C)(C)C)C(O)=C(C(N)=O)C(=O)C[C@@H]3[C@@H](O)[C@@H]21. The van der Waals surface area contributed by atoms with Gasteiger partial charge in [-0.3, -0.25) is 14.4 Å². The van der Waals surface area contributed by atoms with E-state index in [9.17, 15) is 44.4 Å². The molecule has 238 valence electrons. The van der Waals surface area contributed by atoms with Gasteiger partial charge in [0.15, 0.2) is 11.5 Å². The fourth-order valence-electron chi connectivity index (χ4n) is 6.14. The molecule has 8 N–H and O–H groups in total. The zero-order chi connectivity index (χ0) is 33.3. The minimum atomic E-state index is -2.89. The maximum Gasteiger partial charge on any atom is 0.510 e. The van der Waals surface area contributed by atoms with Crippen LogP contribution in [0.4, 0.5) is 15.3 Å². The molecule has 1 saturated carbocycles. The molecule has 3 aliphatic carbocycles. The minimum Gasteiger partial charge on any atom is -0.507 e. The third-order valence-corrected chi connectivity index (χ3v) is 7.84. The van der Waals surface area contributed by atoms with Crippen molar-refractivity contribution in [1.29, 1.82) is 0 Å². The van der Waals surface area contributed by atoms with Crippen molar-refractivity contribution in [2.45, 2.75) is 83.6 Å². The second kappa shape index (κ2) is 10.5. The second-order valence-electron chi connectivity index (χ2n) is 13.3. The smallest absolute Gasteiger partial charge is 0.507 e. The average molecular weight is 616 g/mol. The Morgan fingerprint density at radius 1 is 1.05 bits per heavy atom. The van der Waals surface area contributed by atoms with E-state index >= 15 is 0 Å². The van der Waals surface area contributed by atoms with Crippen LogP contribution in [-0.2, 0) is 23.9 Å². The Morgan fingerprint density at radius 2 is 1.66 bits per heavy atom. The monoisotopic (exact) mass is 615 g/mol. The maximum atomic E-state index is 14.5. The van der Waals surface area contributed by atoms with Crippen LogP contribution in [0, 0.1) is 11.8 Å². The molecule has 1 fully saturated rings. The van der Waals surface area contributed by atoms with Gasteiger partial charge >= 0.3 is 12.2 Å². The molecule has 1 aromatic carbocycles. The zero-order valence-electron chi connectivity index (χ0n) is 25.4. The number of fused-ring (bicyclic) bond motifs is 3. The van der Waals surface area contributed by atoms with Crippen LogP contribution in [0.2, 0.25) is 0 Å². The van der Waals surface area contributed by atoms with Crippen LogP contribution in [0.25, 0.3) is 5.76 Å². The molecule has 0 saturated heterocycles. The topological polar surface area (TPSA) is 235 Å². The number of phenolic OH excluding ortho intramolecular Hbond substituents is 1. The fourth-order valence-corrected chi connectivity index (χ4v) is 6.14. The first-order chi connectivity index (χ1) is 20.1. The van der Waals surface area contributed by atoms with Crippen LogP contribution in [0.3, 0.4) is 0 Å². The summed E-state index contributed by atoms with van der Waals surface area (Å²) in [6, 6.07) is 2.21. The molecular weight excluding hydrogens is 578 g/mol. The minimum absolute atomic E-state index is 0.119. The molecule has 3 amide bonds. The molecular formula is C30H37N3O11. The highest BCUT2D eigenvalue weighted by atomic mass is 16.7. The maximum absolute atomic E-state index is 14.5. The molecule has 3 aliphatic rings. The van der Waals surface area contributed by atoms with Crippen LogP contribution in [0.5, 0.6) is 5.75 Å². The lowest BCUT2D eigenvalue weighted by Gasteiger charge is -2.51. The van der Waals surface area contributed by atoms with Crippen molar-refractivity contribution < 1.29 is 53.9 Å². The number of anilines is 1. The lowest BCUT2D eigenvalue weighted by Crippen LogP contribution is -2.65. The molecule has 0 aromatic heterocycles. The summed E-state index contributed by atoms with van der Waals surface area (Å²) in [6.45, 7) is 11.3. The van der Waals surface area contributed by atoms with E-state index in [-0.39, 0.29) is 11.3 Å². The number of amides is 3. The molecule has 44 heavy (non-hydrogen) atoms. The summed E-state index contributed by atoms with van der Waals surface area (Å²) in [4.78, 5) is 65.1. The highest BCUT2D eigenvalue weighted by Gasteiger charge is 2.68. The van der Waals surface area contributed by atoms with Crippen molar-refractivity contribution in [1.82, 2.24) is 5.32 Å². The molecule has 0 heterocycles. The summed E-state index contributed by atoms with van der Waals surface area (Å²) < 4.78 is 10.6. The van der Waals surface area contributed by atoms with Crippen LogP contribution < -0.4 is 16.4 Å². The summed E-state index contributed by atoms with van der Waals surface area (Å²) in [5.41, 5.74) is -0.953. The van der Waals surface area contributed by atoms with Crippen molar-refractivity contribution in [2.24, 2.45) is 17.6 Å². The van der Waals surface area contributed by atoms with Gasteiger partial charge in [-0.25, -0.2) is 9.59 Å². The number of aromatic hydroxyl groups is 1. The van der Waals surface area contributed by atoms with Crippen molar-refractivity contribution in [3.05, 3.63) is 40.2 Å². The summed E-state index contributed by atoms with van der Waals surface area (Å²) >= 11 is 0. The van der Waals surface area contributed by atoms with E-state index in [1.807, 2.05) is 0 Å². The van der Waals surface area contributed by atoms with Gasteiger partial charge < -0.3 is 46.3 Å². The molecule has 1 aromatic rings. The van der Waals surface area contributed by atoms with Gasteiger partial charge in [0.25, 0.3) is 5.91 Å². The molecule has 14 heteroatoms. The molecule has 0 radical (unpaired) electrons. The number of phenols is 1. The van der Waals surface area contributed by atoms with E-state index in [1.54, 1.807) is 27.7 Å². The summed E-state index contributed by atoms with van der Waals surface area (Å²) in [6.07, 6.45) is -3.91. The first-order valence-corrected chi connectivity index (χ1v) is 13.9. The van der Waals surface area contributed by atoms with Gasteiger partial charge in [0.1, 0.15) is 22.7 Å². The molecule has 0 aliphatic heterocycles. The third kappa shape index (κ3) is 5.23. The van der Waals surface area contributed by atoms with Crippen LogP contribution >= 0.6 is 0 Å². The predicted octanol–water partition coefficient (Wildman–Crippen LogP) is 2.84. The predicted molar refractivity (Wildman–Crippen MR) is 154 cm³/mol. The van der Waals surface area contributed by atoms with Crippen molar-refractivity contribution >= 4 is 41.1 Å². The van der Waals surface area contributed by atoms with Crippen LogP contribution in [0.1, 0.15) is 71.9 Å². The first kappa shape index (κ1) is 32.3. The van der Waals surface area contributed by atoms with E-state index in [0.717, 1.165) is 0 Å². The standard InChI is InChI=1S/C30H37N3O11/c1-11-12-8-9-14(32-26(41)33-28(2,3)4)21(36)17(12)22(37)19-16(11)20(35)13-10-15(34)18(25(31)40)23(38)30(13,24(19)39)44-27(42)43-29(5,6)7/h8-9,11,13,16,20,35-38H,10H2,1-7H3,(H2,31,40)(H2,32,33,41)/t11-,13+,16+,20+,30+/m0/s1. The molecule has 5 atom stereocenters. The van der Waals surface area contributed by atoms with Crippen molar-refractivity contribution in [3.63, 3.8) is 0 Å². The van der Waals surface area contributed by atoms with Gasteiger partial charge in [0, 0.05) is 29.4 Å². The van der Waals surface area contributed by atoms with Crippen molar-refractivity contribution in [3.8, 4) is 5.75 Å². The Balaban J connectivity index is 1.95. The fraction of sp³-hybridized carbons (Fsp3) is 0.500. The highest BCUT2D eigenvalue weighted by molar-refractivity contribution is 6.23. The zero-order valence-corrected chi connectivity index (χ0v) is 25.4. The first-order valence-electron chi connectivity index (χ1n) is 13.9. The number of hydrogen-bond acceptors (Lipinski definition) is 11. The number of rotatable bonds is 3. The average Bonchev–Trinajstić information content (AvgIpc) is 2.84. The van der Waals surface area contributed by atoms with E-state index in [2.05, 4.69) is 10.6 Å². The lowest BCUT2D eigenvalue weighted by atomic mass is 9.55. The molecule has 4 rings (SSSR count). The Bertz CT molecular complexity index is 1550. The van der Waals surface area contributed by atoms with Gasteiger partial charge in [-0.05, 0) is 59.1 Å². The largest absolute Gasteiger partial charge is 0.510 e. The van der Waals surface area contributed by atoms with Crippen LogP contribution in [-0.4, -0.2) is 72.9 Å². The number of urea groups is 1. The van der Waals surface area contributed by atoms with E-state index in [1.165, 1.54) is 32.9 Å². The number of carbonyl (C=O) groups is 5. The molecule has 0 unspecified atom stereocenters. The summed E-state index contributed by atoms with van der Waals surface area (Å²) in [5, 5.41) is 50.9. The molecule has 0 spiro atoms. The number of carbonyl (C=O) groups excluding carboxylic acids is 5. The van der Waals surface area contributed by atoms with E-state index in [0.29, 0.717) is 5.56 Å². The number of nitrogens with two attached hydrogens (primary N) is 1. The van der Waals surface area contributed by atoms with Crippen molar-refractivity contribution in [2.75, 3.05) is 5.32 Å². The number of ether oxygens (including phenoxy) is 2. The Hall–Kier alpha value is -4.59. The Labute approximate surface area is 252 Å². The number of benzene rings is 1. The van der Waals surface area contributed by atoms with Gasteiger partial charge in [0.2, 0.25) is 11.4 Å². The van der Waals surface area contributed by atoms with Gasteiger partial charge in [-0.1, -0.05) is 13.0 Å². The molecule has 0 bridgehead atoms. The van der Waals surface area contributed by atoms with E-state index in [4.69, 9.17) is 15.2 Å². The Kier molecular flexibility index (Phi) is 7.74. The summed E-state index contributed by atoms with van der Waals surface area (Å²) in [5.74, 6) is -10.0. The normalized spacial score (nSPS) is 26.7. The number of nitrogens with one attached hydrogen (secondary N) is 2. The van der Waals surface area contributed by atoms with Gasteiger partial charge in [-0.2, -0.15) is 0 Å². The number of Topliss-reactive ketones (excluding diaryl/α,β-unsaturated/α-hetero) is 2. The molecule has 14 nitrogen and oxygen atoms in total. The quantitative estimate of drug-likeness (QED) is 0.148. The van der Waals surface area contributed by atoms with Crippen LogP contribution in [0.15, 0.2) is 29.0 Å². The number of primary amides is 1. The number of hydrogen-bond donors (Lipinski definition) is 7.